The van der Waals surface area contributed by atoms with E-state index in [2.05, 4.69) is 24.4 Å². The van der Waals surface area contributed by atoms with Crippen LogP contribution in [-0.2, 0) is 0 Å². The minimum Gasteiger partial charge on any atom is -0.497 e. The van der Waals surface area contributed by atoms with Crippen LogP contribution in [0.5, 0.6) is 11.5 Å². The summed E-state index contributed by atoms with van der Waals surface area (Å²) in [6.07, 6.45) is 0. The largest absolute Gasteiger partial charge is 0.497 e. The summed E-state index contributed by atoms with van der Waals surface area (Å²) in [5, 5.41) is 3.88. The second kappa shape index (κ2) is 5.65. The summed E-state index contributed by atoms with van der Waals surface area (Å²) >= 11 is 1.94. The van der Waals surface area contributed by atoms with E-state index in [1.165, 1.54) is 11.3 Å². The molecule has 0 aliphatic carbocycles. The first-order valence-electron chi connectivity index (χ1n) is 5.81. The molecule has 1 aromatic rings. The highest BCUT2D eigenvalue weighted by molar-refractivity contribution is 7.99. The Bertz CT molecular complexity index is 353. The van der Waals surface area contributed by atoms with E-state index < -0.39 is 0 Å². The van der Waals surface area contributed by atoms with E-state index in [0.717, 1.165) is 24.0 Å². The maximum absolute atomic E-state index is 5.29. The molecule has 0 radical (unpaired) electrons. The molecule has 2 rings (SSSR count). The average Bonchev–Trinajstić information content (AvgIpc) is 2.39. The smallest absolute Gasteiger partial charge is 0.122 e. The number of thioether (sulfide) groups is 1. The molecule has 0 bridgehead atoms. The van der Waals surface area contributed by atoms with Crippen LogP contribution in [0.2, 0.25) is 0 Å². The van der Waals surface area contributed by atoms with Gasteiger partial charge in [-0.05, 0) is 35.9 Å². The summed E-state index contributed by atoms with van der Waals surface area (Å²) in [7, 11) is 3.37. The summed E-state index contributed by atoms with van der Waals surface area (Å²) in [5.74, 6) is 3.63. The van der Waals surface area contributed by atoms with E-state index in [1.54, 1.807) is 14.2 Å². The SMILES string of the molecule is COc1cc(OC)cc(C2NCC(C)CS2)c1. The van der Waals surface area contributed by atoms with Crippen LogP contribution in [0.4, 0.5) is 0 Å². The topological polar surface area (TPSA) is 30.5 Å². The third-order valence-corrected chi connectivity index (χ3v) is 4.41. The Morgan fingerprint density at radius 2 is 1.82 bits per heavy atom. The molecular formula is C13H19NO2S. The van der Waals surface area contributed by atoms with Gasteiger partial charge in [0, 0.05) is 6.07 Å². The van der Waals surface area contributed by atoms with Gasteiger partial charge in [0.05, 0.1) is 19.6 Å². The number of hydrogen-bond acceptors (Lipinski definition) is 4. The van der Waals surface area contributed by atoms with E-state index in [-0.39, 0.29) is 0 Å². The van der Waals surface area contributed by atoms with Gasteiger partial charge in [-0.3, -0.25) is 0 Å². The van der Waals surface area contributed by atoms with Crippen LogP contribution < -0.4 is 14.8 Å². The molecule has 0 amide bonds. The molecule has 2 atom stereocenters. The quantitative estimate of drug-likeness (QED) is 0.897. The maximum Gasteiger partial charge on any atom is 0.122 e. The Morgan fingerprint density at radius 1 is 1.18 bits per heavy atom. The van der Waals surface area contributed by atoms with Gasteiger partial charge in [0.25, 0.3) is 0 Å². The molecule has 0 aromatic heterocycles. The van der Waals surface area contributed by atoms with Gasteiger partial charge in [-0.25, -0.2) is 0 Å². The minimum absolute atomic E-state index is 0.343. The van der Waals surface area contributed by atoms with Crippen molar-refractivity contribution in [2.45, 2.75) is 12.3 Å². The Balaban J connectivity index is 2.19. The molecule has 3 nitrogen and oxygen atoms in total. The number of ether oxygens (including phenoxy) is 2. The van der Waals surface area contributed by atoms with Gasteiger partial charge in [-0.2, -0.15) is 0 Å². The zero-order valence-electron chi connectivity index (χ0n) is 10.5. The van der Waals surface area contributed by atoms with Crippen molar-refractivity contribution in [1.29, 1.82) is 0 Å². The molecule has 4 heteroatoms. The van der Waals surface area contributed by atoms with Gasteiger partial charge in [0.15, 0.2) is 0 Å². The van der Waals surface area contributed by atoms with Crippen LogP contribution in [0.25, 0.3) is 0 Å². The number of methoxy groups -OCH3 is 2. The fourth-order valence-corrected chi connectivity index (χ4v) is 3.06. The van der Waals surface area contributed by atoms with Crippen molar-refractivity contribution in [2.75, 3.05) is 26.5 Å². The molecule has 0 saturated carbocycles. The molecule has 1 aromatic carbocycles. The van der Waals surface area contributed by atoms with Gasteiger partial charge >= 0.3 is 0 Å². The zero-order chi connectivity index (χ0) is 12.3. The number of benzene rings is 1. The summed E-state index contributed by atoms with van der Waals surface area (Å²) in [5.41, 5.74) is 1.22. The van der Waals surface area contributed by atoms with Crippen LogP contribution in [-0.4, -0.2) is 26.5 Å². The lowest BCUT2D eigenvalue weighted by atomic mass is 10.1. The summed E-state index contributed by atoms with van der Waals surface area (Å²) in [6.45, 7) is 3.33. The first kappa shape index (κ1) is 12.6. The van der Waals surface area contributed by atoms with Crippen LogP contribution in [0.1, 0.15) is 17.9 Å². The van der Waals surface area contributed by atoms with Crippen molar-refractivity contribution >= 4 is 11.8 Å². The van der Waals surface area contributed by atoms with Crippen LogP contribution in [0.3, 0.4) is 0 Å². The molecular weight excluding hydrogens is 234 g/mol. The van der Waals surface area contributed by atoms with Crippen LogP contribution in [0, 0.1) is 5.92 Å². The highest BCUT2D eigenvalue weighted by Crippen LogP contribution is 2.35. The molecule has 17 heavy (non-hydrogen) atoms. The van der Waals surface area contributed by atoms with Gasteiger partial charge < -0.3 is 14.8 Å². The van der Waals surface area contributed by atoms with Crippen molar-refractivity contribution < 1.29 is 9.47 Å². The molecule has 0 spiro atoms. The van der Waals surface area contributed by atoms with Gasteiger partial charge in [-0.15, -0.1) is 11.8 Å². The van der Waals surface area contributed by atoms with Crippen molar-refractivity contribution in [2.24, 2.45) is 5.92 Å². The Morgan fingerprint density at radius 3 is 2.29 bits per heavy atom. The number of nitrogens with one attached hydrogen (secondary N) is 1. The van der Waals surface area contributed by atoms with Crippen molar-refractivity contribution in [1.82, 2.24) is 5.32 Å². The maximum atomic E-state index is 5.29. The molecule has 1 aliphatic rings. The molecule has 1 aliphatic heterocycles. The molecule has 2 unspecified atom stereocenters. The Hall–Kier alpha value is -0.870. The van der Waals surface area contributed by atoms with E-state index in [1.807, 2.05) is 17.8 Å². The highest BCUT2D eigenvalue weighted by Gasteiger charge is 2.20. The van der Waals surface area contributed by atoms with Crippen molar-refractivity contribution in [3.8, 4) is 11.5 Å². The lowest BCUT2D eigenvalue weighted by molar-refractivity contribution is 0.392. The van der Waals surface area contributed by atoms with Gasteiger partial charge in [0.1, 0.15) is 11.5 Å². The van der Waals surface area contributed by atoms with Gasteiger partial charge in [-0.1, -0.05) is 6.92 Å². The Labute approximate surface area is 107 Å². The fourth-order valence-electron chi connectivity index (χ4n) is 1.88. The predicted octanol–water partition coefficient (Wildman–Crippen LogP) is 2.67. The van der Waals surface area contributed by atoms with E-state index >= 15 is 0 Å². The number of rotatable bonds is 3. The zero-order valence-corrected chi connectivity index (χ0v) is 11.3. The average molecular weight is 253 g/mol. The van der Waals surface area contributed by atoms with Crippen LogP contribution in [0.15, 0.2) is 18.2 Å². The molecule has 94 valence electrons. The lowest BCUT2D eigenvalue weighted by Crippen LogP contribution is -2.31. The highest BCUT2D eigenvalue weighted by atomic mass is 32.2. The lowest BCUT2D eigenvalue weighted by Gasteiger charge is -2.28. The normalized spacial score (nSPS) is 24.4. The van der Waals surface area contributed by atoms with E-state index in [0.29, 0.717) is 5.37 Å². The summed E-state index contributed by atoms with van der Waals surface area (Å²) in [6, 6.07) is 6.05. The summed E-state index contributed by atoms with van der Waals surface area (Å²) in [4.78, 5) is 0. The van der Waals surface area contributed by atoms with E-state index in [9.17, 15) is 0 Å². The monoisotopic (exact) mass is 253 g/mol. The fraction of sp³-hybridized carbons (Fsp3) is 0.538. The second-order valence-corrected chi connectivity index (χ2v) is 5.51. The molecule has 1 heterocycles. The van der Waals surface area contributed by atoms with Crippen molar-refractivity contribution in [3.05, 3.63) is 23.8 Å². The first-order valence-corrected chi connectivity index (χ1v) is 6.85. The molecule has 1 saturated heterocycles. The first-order chi connectivity index (χ1) is 8.22. The summed E-state index contributed by atoms with van der Waals surface area (Å²) < 4.78 is 10.6. The minimum atomic E-state index is 0.343. The molecule has 1 fully saturated rings. The second-order valence-electron chi connectivity index (χ2n) is 4.37. The Kier molecular flexibility index (Phi) is 4.18. The number of hydrogen-bond donors (Lipinski definition) is 1. The van der Waals surface area contributed by atoms with Gasteiger partial charge in [0.2, 0.25) is 0 Å². The van der Waals surface area contributed by atoms with Crippen LogP contribution >= 0.6 is 11.8 Å². The van der Waals surface area contributed by atoms with E-state index in [4.69, 9.17) is 9.47 Å². The predicted molar refractivity (Wildman–Crippen MR) is 71.9 cm³/mol. The third-order valence-electron chi connectivity index (χ3n) is 2.88. The molecule has 1 N–H and O–H groups in total. The standard InChI is InChI=1S/C13H19NO2S/c1-9-7-14-13(17-8-9)10-4-11(15-2)6-12(5-10)16-3/h4-6,9,13-14H,7-8H2,1-3H3. The third kappa shape index (κ3) is 3.07. The van der Waals surface area contributed by atoms with Crippen molar-refractivity contribution in [3.63, 3.8) is 0 Å².